The first-order valence-corrected chi connectivity index (χ1v) is 7.96. The van der Waals surface area contributed by atoms with Gasteiger partial charge < -0.3 is 10.4 Å². The van der Waals surface area contributed by atoms with Gasteiger partial charge in [-0.1, -0.05) is 15.9 Å². The zero-order valence-corrected chi connectivity index (χ0v) is 12.7. The van der Waals surface area contributed by atoms with Crippen LogP contribution in [0.4, 0.5) is 0 Å². The smallest absolute Gasteiger partial charge is 0.117 e. The van der Waals surface area contributed by atoms with Crippen LogP contribution in [0.25, 0.3) is 0 Å². The Hall–Kier alpha value is -0.580. The second-order valence-corrected chi connectivity index (χ2v) is 6.62. The van der Waals surface area contributed by atoms with Crippen molar-refractivity contribution < 1.29 is 5.11 Å². The van der Waals surface area contributed by atoms with E-state index in [1.165, 1.54) is 31.2 Å². The van der Waals surface area contributed by atoms with E-state index >= 15 is 0 Å². The van der Waals surface area contributed by atoms with Gasteiger partial charge in [-0.3, -0.25) is 4.90 Å². The monoisotopic (exact) mass is 324 g/mol. The van der Waals surface area contributed by atoms with Gasteiger partial charge in [0.25, 0.3) is 0 Å². The topological polar surface area (TPSA) is 35.5 Å². The van der Waals surface area contributed by atoms with Crippen molar-refractivity contribution in [3.8, 4) is 5.75 Å². The fourth-order valence-electron chi connectivity index (χ4n) is 3.04. The summed E-state index contributed by atoms with van der Waals surface area (Å²) in [5.74, 6) is 0.352. The minimum absolute atomic E-state index is 0.352. The molecular weight excluding hydrogens is 304 g/mol. The van der Waals surface area contributed by atoms with Gasteiger partial charge in [0.1, 0.15) is 5.75 Å². The Morgan fingerprint density at radius 2 is 1.79 bits per heavy atom. The van der Waals surface area contributed by atoms with E-state index in [-0.39, 0.29) is 0 Å². The van der Waals surface area contributed by atoms with Crippen molar-refractivity contribution >= 4 is 15.9 Å². The highest BCUT2D eigenvalue weighted by Gasteiger charge is 2.34. The Bertz CT molecular complexity index is 422. The molecule has 2 aliphatic rings. The highest BCUT2D eigenvalue weighted by atomic mass is 79.9. The zero-order valence-electron chi connectivity index (χ0n) is 11.1. The number of hydrogen-bond acceptors (Lipinski definition) is 3. The summed E-state index contributed by atoms with van der Waals surface area (Å²) >= 11 is 3.46. The Labute approximate surface area is 123 Å². The molecule has 104 valence electrons. The van der Waals surface area contributed by atoms with E-state index in [1.807, 2.05) is 6.07 Å². The lowest BCUT2D eigenvalue weighted by molar-refractivity contribution is 0.144. The van der Waals surface area contributed by atoms with Gasteiger partial charge in [-0.05, 0) is 62.5 Å². The number of nitrogens with one attached hydrogen (secondary N) is 1. The molecule has 3 rings (SSSR count). The highest BCUT2D eigenvalue weighted by Crippen LogP contribution is 2.33. The summed E-state index contributed by atoms with van der Waals surface area (Å²) in [6.07, 6.45) is 5.17. The van der Waals surface area contributed by atoms with Crippen molar-refractivity contribution in [2.45, 2.75) is 44.3 Å². The summed E-state index contributed by atoms with van der Waals surface area (Å²) in [5.41, 5.74) is 1.21. The van der Waals surface area contributed by atoms with Crippen molar-refractivity contribution in [3.63, 3.8) is 0 Å². The van der Waals surface area contributed by atoms with Crippen molar-refractivity contribution in [1.29, 1.82) is 0 Å². The Kier molecular flexibility index (Phi) is 4.10. The number of piperidine rings is 1. The number of nitrogens with zero attached hydrogens (tertiary/aromatic N) is 1. The largest absolute Gasteiger partial charge is 0.508 e. The zero-order chi connectivity index (χ0) is 13.2. The maximum absolute atomic E-state index is 9.71. The molecule has 0 amide bonds. The molecule has 1 aromatic rings. The summed E-state index contributed by atoms with van der Waals surface area (Å²) < 4.78 is 0.962. The number of aromatic hydroxyl groups is 1. The molecule has 0 radical (unpaired) electrons. The molecule has 1 aliphatic carbocycles. The van der Waals surface area contributed by atoms with Crippen molar-refractivity contribution in [3.05, 3.63) is 28.2 Å². The van der Waals surface area contributed by atoms with Crippen LogP contribution in [0.2, 0.25) is 0 Å². The molecule has 0 unspecified atom stereocenters. The van der Waals surface area contributed by atoms with Crippen LogP contribution < -0.4 is 5.32 Å². The van der Waals surface area contributed by atoms with Crippen LogP contribution in [0.5, 0.6) is 5.75 Å². The van der Waals surface area contributed by atoms with E-state index in [0.29, 0.717) is 11.8 Å². The lowest BCUT2D eigenvalue weighted by Gasteiger charge is -2.35. The second-order valence-electron chi connectivity index (χ2n) is 5.70. The van der Waals surface area contributed by atoms with E-state index in [9.17, 15) is 5.11 Å². The third-order valence-corrected chi connectivity index (χ3v) is 4.56. The van der Waals surface area contributed by atoms with Gasteiger partial charge in [0.05, 0.1) is 0 Å². The fourth-order valence-corrected chi connectivity index (χ4v) is 3.56. The van der Waals surface area contributed by atoms with Crippen LogP contribution >= 0.6 is 15.9 Å². The van der Waals surface area contributed by atoms with Gasteiger partial charge in [-0.15, -0.1) is 0 Å². The molecule has 2 N–H and O–H groups in total. The van der Waals surface area contributed by atoms with E-state index in [0.717, 1.165) is 30.1 Å². The molecule has 0 aromatic heterocycles. The highest BCUT2D eigenvalue weighted by molar-refractivity contribution is 9.10. The molecule has 1 saturated carbocycles. The summed E-state index contributed by atoms with van der Waals surface area (Å²) in [4.78, 5) is 2.65. The van der Waals surface area contributed by atoms with Gasteiger partial charge in [-0.2, -0.15) is 0 Å². The van der Waals surface area contributed by atoms with Crippen molar-refractivity contribution in [1.82, 2.24) is 10.2 Å². The first-order valence-electron chi connectivity index (χ1n) is 7.17. The summed E-state index contributed by atoms with van der Waals surface area (Å²) in [6.45, 7) is 3.23. The SMILES string of the molecule is Oc1cc(Br)cc(CN(C2CCNCC2)C2CC2)c1. The Morgan fingerprint density at radius 1 is 1.11 bits per heavy atom. The molecule has 1 heterocycles. The number of benzene rings is 1. The third-order valence-electron chi connectivity index (χ3n) is 4.10. The molecular formula is C15H21BrN2O. The molecule has 2 fully saturated rings. The first kappa shape index (κ1) is 13.4. The van der Waals surface area contributed by atoms with Gasteiger partial charge in [0.15, 0.2) is 0 Å². The fraction of sp³-hybridized carbons (Fsp3) is 0.600. The van der Waals surface area contributed by atoms with Crippen molar-refractivity contribution in [2.75, 3.05) is 13.1 Å². The van der Waals surface area contributed by atoms with E-state index in [2.05, 4.69) is 32.2 Å². The van der Waals surface area contributed by atoms with E-state index < -0.39 is 0 Å². The number of phenols is 1. The van der Waals surface area contributed by atoms with Gasteiger partial charge in [-0.25, -0.2) is 0 Å². The molecule has 4 heteroatoms. The quantitative estimate of drug-likeness (QED) is 0.894. The van der Waals surface area contributed by atoms with Crippen LogP contribution in [0, 0.1) is 0 Å². The lowest BCUT2D eigenvalue weighted by atomic mass is 10.0. The number of phenolic OH excluding ortho intramolecular Hbond substituents is 1. The van der Waals surface area contributed by atoms with E-state index in [1.54, 1.807) is 6.07 Å². The standard InChI is InChI=1S/C15H21BrN2O/c16-12-7-11(8-15(19)9-12)10-18(13-1-2-13)14-3-5-17-6-4-14/h7-9,13-14,17,19H,1-6,10H2. The number of rotatable bonds is 4. The number of hydrogen-bond donors (Lipinski definition) is 2. The Morgan fingerprint density at radius 3 is 2.42 bits per heavy atom. The lowest BCUT2D eigenvalue weighted by Crippen LogP contribution is -2.43. The molecule has 0 atom stereocenters. The second kappa shape index (κ2) is 5.81. The molecule has 1 aromatic carbocycles. The molecule has 0 spiro atoms. The minimum Gasteiger partial charge on any atom is -0.508 e. The average molecular weight is 325 g/mol. The van der Waals surface area contributed by atoms with E-state index in [4.69, 9.17) is 0 Å². The maximum Gasteiger partial charge on any atom is 0.117 e. The molecule has 1 aliphatic heterocycles. The van der Waals surface area contributed by atoms with Gasteiger partial charge in [0.2, 0.25) is 0 Å². The van der Waals surface area contributed by atoms with Crippen LogP contribution in [0.15, 0.2) is 22.7 Å². The third kappa shape index (κ3) is 3.50. The van der Waals surface area contributed by atoms with Gasteiger partial charge >= 0.3 is 0 Å². The summed E-state index contributed by atoms with van der Waals surface area (Å²) in [7, 11) is 0. The van der Waals surface area contributed by atoms with Crippen LogP contribution in [0.1, 0.15) is 31.2 Å². The molecule has 3 nitrogen and oxygen atoms in total. The molecule has 0 bridgehead atoms. The maximum atomic E-state index is 9.71. The van der Waals surface area contributed by atoms with Gasteiger partial charge in [0, 0.05) is 23.1 Å². The number of halogens is 1. The Balaban J connectivity index is 1.73. The predicted octanol–water partition coefficient (Wildman–Crippen LogP) is 2.87. The minimum atomic E-state index is 0.352. The first-order chi connectivity index (χ1) is 9.22. The predicted molar refractivity (Wildman–Crippen MR) is 80.3 cm³/mol. The summed E-state index contributed by atoms with van der Waals surface area (Å²) in [6, 6.07) is 7.23. The molecule has 19 heavy (non-hydrogen) atoms. The van der Waals surface area contributed by atoms with Crippen LogP contribution in [-0.2, 0) is 6.54 Å². The normalized spacial score (nSPS) is 20.9. The van der Waals surface area contributed by atoms with Crippen molar-refractivity contribution in [2.24, 2.45) is 0 Å². The van der Waals surface area contributed by atoms with Crippen LogP contribution in [0.3, 0.4) is 0 Å². The van der Waals surface area contributed by atoms with Crippen LogP contribution in [-0.4, -0.2) is 35.2 Å². The average Bonchev–Trinajstić information content (AvgIpc) is 3.20. The summed E-state index contributed by atoms with van der Waals surface area (Å²) in [5, 5.41) is 13.1. The molecule has 1 saturated heterocycles.